The van der Waals surface area contributed by atoms with E-state index in [0.717, 1.165) is 5.56 Å². The van der Waals surface area contributed by atoms with Gasteiger partial charge in [-0.2, -0.15) is 5.26 Å². The van der Waals surface area contributed by atoms with Crippen molar-refractivity contribution in [3.63, 3.8) is 0 Å². The summed E-state index contributed by atoms with van der Waals surface area (Å²) in [7, 11) is 0. The number of nitrogen functional groups attached to an aromatic ring is 1. The van der Waals surface area contributed by atoms with Crippen LogP contribution in [0.15, 0.2) is 36.5 Å². The van der Waals surface area contributed by atoms with Gasteiger partial charge < -0.3 is 5.73 Å². The molecule has 0 fully saturated rings. The number of benzene rings is 1. The number of alkyl halides is 1. The fourth-order valence-corrected chi connectivity index (χ4v) is 1.78. The maximum atomic E-state index is 8.98. The first-order chi connectivity index (χ1) is 8.22. The molecule has 0 saturated carbocycles. The zero-order valence-corrected chi connectivity index (χ0v) is 9.59. The van der Waals surface area contributed by atoms with Crippen molar-refractivity contribution in [2.24, 2.45) is 0 Å². The van der Waals surface area contributed by atoms with Crippen LogP contribution in [-0.4, -0.2) is 9.97 Å². The van der Waals surface area contributed by atoms with Crippen molar-refractivity contribution in [1.82, 2.24) is 9.97 Å². The van der Waals surface area contributed by atoms with Gasteiger partial charge in [-0.05, 0) is 5.56 Å². The smallest absolute Gasteiger partial charge is 0.220 e. The molecule has 0 bridgehead atoms. The minimum atomic E-state index is -0.504. The standard InChI is InChI=1S/C12H9ClN4/c13-10(8-4-2-1-3-5-8)11-9(6-14)7-16-12(15)17-11/h1-5,7,10H,(H2,15,16,17). The molecule has 1 heterocycles. The van der Waals surface area contributed by atoms with Gasteiger partial charge in [-0.15, -0.1) is 11.6 Å². The molecule has 0 amide bonds. The number of hydrogen-bond donors (Lipinski definition) is 1. The van der Waals surface area contributed by atoms with Crippen molar-refractivity contribution < 1.29 is 0 Å². The fraction of sp³-hybridized carbons (Fsp3) is 0.0833. The topological polar surface area (TPSA) is 75.6 Å². The minimum absolute atomic E-state index is 0.112. The average Bonchev–Trinajstić information content (AvgIpc) is 2.39. The summed E-state index contributed by atoms with van der Waals surface area (Å²) in [4.78, 5) is 7.80. The van der Waals surface area contributed by atoms with E-state index in [2.05, 4.69) is 9.97 Å². The van der Waals surface area contributed by atoms with Crippen molar-refractivity contribution in [3.8, 4) is 6.07 Å². The van der Waals surface area contributed by atoms with Gasteiger partial charge in [-0.3, -0.25) is 0 Å². The third kappa shape index (κ3) is 2.35. The predicted molar refractivity (Wildman–Crippen MR) is 65.3 cm³/mol. The Morgan fingerprint density at radius 3 is 2.65 bits per heavy atom. The molecule has 2 aromatic rings. The van der Waals surface area contributed by atoms with Crippen LogP contribution in [0.5, 0.6) is 0 Å². The Morgan fingerprint density at radius 2 is 2.00 bits per heavy atom. The van der Waals surface area contributed by atoms with Crippen molar-refractivity contribution in [3.05, 3.63) is 53.3 Å². The highest BCUT2D eigenvalue weighted by atomic mass is 35.5. The summed E-state index contributed by atoms with van der Waals surface area (Å²) in [6.07, 6.45) is 1.38. The lowest BCUT2D eigenvalue weighted by atomic mass is 10.1. The second-order valence-corrected chi connectivity index (χ2v) is 3.85. The van der Waals surface area contributed by atoms with E-state index in [1.165, 1.54) is 6.20 Å². The lowest BCUT2D eigenvalue weighted by Gasteiger charge is -2.10. The van der Waals surface area contributed by atoms with E-state index >= 15 is 0 Å². The molecule has 0 aliphatic heterocycles. The molecule has 2 N–H and O–H groups in total. The number of hydrogen-bond acceptors (Lipinski definition) is 4. The van der Waals surface area contributed by atoms with Crippen LogP contribution in [0.4, 0.5) is 5.95 Å². The molecule has 0 spiro atoms. The van der Waals surface area contributed by atoms with Crippen LogP contribution < -0.4 is 5.73 Å². The van der Waals surface area contributed by atoms with Gasteiger partial charge in [0.1, 0.15) is 11.4 Å². The number of anilines is 1. The van der Waals surface area contributed by atoms with E-state index < -0.39 is 5.38 Å². The molecule has 1 aromatic carbocycles. The number of rotatable bonds is 2. The van der Waals surface area contributed by atoms with Crippen molar-refractivity contribution in [2.75, 3.05) is 5.73 Å². The molecular formula is C12H9ClN4. The molecule has 0 radical (unpaired) electrons. The van der Waals surface area contributed by atoms with E-state index in [1.54, 1.807) is 0 Å². The highest BCUT2D eigenvalue weighted by Gasteiger charge is 2.17. The monoisotopic (exact) mass is 244 g/mol. The summed E-state index contributed by atoms with van der Waals surface area (Å²) in [6.45, 7) is 0. The highest BCUT2D eigenvalue weighted by Crippen LogP contribution is 2.29. The normalized spacial score (nSPS) is 11.8. The molecule has 84 valence electrons. The lowest BCUT2D eigenvalue weighted by Crippen LogP contribution is -2.05. The Morgan fingerprint density at radius 1 is 1.29 bits per heavy atom. The molecule has 1 atom stereocenters. The van der Waals surface area contributed by atoms with Crippen LogP contribution in [0, 0.1) is 11.3 Å². The van der Waals surface area contributed by atoms with Gasteiger partial charge in [0.15, 0.2) is 0 Å². The van der Waals surface area contributed by atoms with Gasteiger partial charge in [0.25, 0.3) is 0 Å². The van der Waals surface area contributed by atoms with Crippen LogP contribution in [0.25, 0.3) is 0 Å². The van der Waals surface area contributed by atoms with Gasteiger partial charge in [0, 0.05) is 0 Å². The summed E-state index contributed by atoms with van der Waals surface area (Å²) in [5.41, 5.74) is 7.15. The Balaban J connectivity index is 2.47. The second kappa shape index (κ2) is 4.81. The maximum absolute atomic E-state index is 8.98. The Bertz CT molecular complexity index is 562. The van der Waals surface area contributed by atoms with Gasteiger partial charge in [-0.25, -0.2) is 9.97 Å². The summed E-state index contributed by atoms with van der Waals surface area (Å²) in [6, 6.07) is 11.4. The quantitative estimate of drug-likeness (QED) is 0.822. The molecule has 0 aliphatic rings. The number of aromatic nitrogens is 2. The lowest BCUT2D eigenvalue weighted by molar-refractivity contribution is 0.999. The van der Waals surface area contributed by atoms with Crippen LogP contribution in [0.1, 0.15) is 22.2 Å². The van der Waals surface area contributed by atoms with Crippen LogP contribution in [0.2, 0.25) is 0 Å². The van der Waals surface area contributed by atoms with E-state index in [4.69, 9.17) is 22.6 Å². The molecule has 1 unspecified atom stereocenters. The zero-order valence-electron chi connectivity index (χ0n) is 8.84. The second-order valence-electron chi connectivity index (χ2n) is 3.41. The Labute approximate surface area is 104 Å². The van der Waals surface area contributed by atoms with Gasteiger partial charge in [0.05, 0.1) is 17.5 Å². The number of nitrogens with zero attached hydrogens (tertiary/aromatic N) is 3. The Kier molecular flexibility index (Phi) is 3.22. The molecule has 4 nitrogen and oxygen atoms in total. The molecular weight excluding hydrogens is 236 g/mol. The Hall–Kier alpha value is -2.12. The molecule has 5 heteroatoms. The number of nitriles is 1. The summed E-state index contributed by atoms with van der Waals surface area (Å²) in [5.74, 6) is 0.112. The summed E-state index contributed by atoms with van der Waals surface area (Å²) in [5, 5.41) is 8.47. The van der Waals surface area contributed by atoms with E-state index in [1.807, 2.05) is 36.4 Å². The third-order valence-electron chi connectivity index (χ3n) is 2.29. The highest BCUT2D eigenvalue weighted by molar-refractivity contribution is 6.22. The van der Waals surface area contributed by atoms with Gasteiger partial charge >= 0.3 is 0 Å². The van der Waals surface area contributed by atoms with Crippen LogP contribution in [0.3, 0.4) is 0 Å². The predicted octanol–water partition coefficient (Wildman–Crippen LogP) is 2.26. The first-order valence-corrected chi connectivity index (χ1v) is 5.37. The first kappa shape index (κ1) is 11.4. The van der Waals surface area contributed by atoms with E-state index in [0.29, 0.717) is 11.3 Å². The summed E-state index contributed by atoms with van der Waals surface area (Å²) >= 11 is 6.29. The first-order valence-electron chi connectivity index (χ1n) is 4.94. The molecule has 0 saturated heterocycles. The molecule has 1 aromatic heterocycles. The fourth-order valence-electron chi connectivity index (χ4n) is 1.47. The van der Waals surface area contributed by atoms with Gasteiger partial charge in [-0.1, -0.05) is 30.3 Å². The van der Waals surface area contributed by atoms with Crippen LogP contribution in [-0.2, 0) is 0 Å². The SMILES string of the molecule is N#Cc1cnc(N)nc1C(Cl)c1ccccc1. The molecule has 17 heavy (non-hydrogen) atoms. The maximum Gasteiger partial charge on any atom is 0.220 e. The largest absolute Gasteiger partial charge is 0.368 e. The average molecular weight is 245 g/mol. The molecule has 2 rings (SSSR count). The number of nitrogens with two attached hydrogens (primary N) is 1. The molecule has 0 aliphatic carbocycles. The summed E-state index contributed by atoms with van der Waals surface area (Å²) < 4.78 is 0. The van der Waals surface area contributed by atoms with Crippen molar-refractivity contribution in [2.45, 2.75) is 5.38 Å². The van der Waals surface area contributed by atoms with Crippen LogP contribution >= 0.6 is 11.6 Å². The van der Waals surface area contributed by atoms with Crippen molar-refractivity contribution >= 4 is 17.5 Å². The van der Waals surface area contributed by atoms with E-state index in [9.17, 15) is 0 Å². The minimum Gasteiger partial charge on any atom is -0.368 e. The number of halogens is 1. The zero-order chi connectivity index (χ0) is 12.3. The van der Waals surface area contributed by atoms with Gasteiger partial charge in [0.2, 0.25) is 5.95 Å². The van der Waals surface area contributed by atoms with E-state index in [-0.39, 0.29) is 5.95 Å². The van der Waals surface area contributed by atoms with Crippen molar-refractivity contribution in [1.29, 1.82) is 5.26 Å². The third-order valence-corrected chi connectivity index (χ3v) is 2.75.